The average molecular weight is 560 g/mol. The smallest absolute Gasteiger partial charge is 0.271 e. The normalized spacial score (nSPS) is 13.6. The van der Waals surface area contributed by atoms with Crippen LogP contribution in [0.1, 0.15) is 24.4 Å². The Bertz CT molecular complexity index is 1590. The van der Waals surface area contributed by atoms with Crippen LogP contribution in [0.5, 0.6) is 11.5 Å². The first kappa shape index (κ1) is 27.3. The van der Waals surface area contributed by atoms with Crippen LogP contribution in [0, 0.1) is 6.92 Å². The highest BCUT2D eigenvalue weighted by Gasteiger charge is 2.34. The number of benzene rings is 2. The van der Waals surface area contributed by atoms with Crippen molar-refractivity contribution in [3.05, 3.63) is 78.5 Å². The van der Waals surface area contributed by atoms with E-state index in [2.05, 4.69) is 29.9 Å². The predicted octanol–water partition coefficient (Wildman–Crippen LogP) is 4.45. The van der Waals surface area contributed by atoms with E-state index >= 15 is 0 Å². The Morgan fingerprint density at radius 3 is 2.27 bits per heavy atom. The number of fused-ring (bicyclic) bond motifs is 1. The third-order valence-corrected chi connectivity index (χ3v) is 7.75. The van der Waals surface area contributed by atoms with Gasteiger partial charge in [0.1, 0.15) is 17.2 Å². The highest BCUT2D eigenvalue weighted by Crippen LogP contribution is 2.39. The quantitative estimate of drug-likeness (QED) is 0.245. The van der Waals surface area contributed by atoms with Crippen LogP contribution in [-0.4, -0.2) is 60.8 Å². The summed E-state index contributed by atoms with van der Waals surface area (Å²) in [5.41, 5.74) is 3.04. The summed E-state index contributed by atoms with van der Waals surface area (Å²) in [5.74, 6) is 2.18. The summed E-state index contributed by atoms with van der Waals surface area (Å²) >= 11 is -1.70. The molecule has 3 aromatic heterocycles. The molecule has 3 unspecified atom stereocenters. The minimum Gasteiger partial charge on any atom is -0.593 e. The highest BCUT2D eigenvalue weighted by atomic mass is 32.2. The number of para-hydroxylation sites is 1. The van der Waals surface area contributed by atoms with E-state index in [1.807, 2.05) is 55.5 Å². The first-order chi connectivity index (χ1) is 19.5. The topological polar surface area (TPSA) is 132 Å². The largest absolute Gasteiger partial charge is 0.593 e. The number of aryl methyl sites for hydroxylation is 1. The molecule has 0 aliphatic heterocycles. The maximum atomic E-state index is 13.7. The molecular weight excluding hydrogens is 530 g/mol. The lowest BCUT2D eigenvalue weighted by atomic mass is 10.1. The molecule has 1 N–H and O–H groups in total. The van der Waals surface area contributed by atoms with Crippen LogP contribution in [0.4, 0.5) is 5.95 Å². The van der Waals surface area contributed by atoms with Gasteiger partial charge in [-0.2, -0.15) is 4.72 Å². The zero-order valence-electron chi connectivity index (χ0n) is 22.7. The first-order valence-electron chi connectivity index (χ1n) is 12.5. The second-order valence-electron chi connectivity index (χ2n) is 8.95. The Morgan fingerprint density at radius 1 is 0.900 bits per heavy atom. The van der Waals surface area contributed by atoms with Crippen LogP contribution in [0.3, 0.4) is 0 Å². The van der Waals surface area contributed by atoms with Gasteiger partial charge >= 0.3 is 0 Å². The van der Waals surface area contributed by atoms with Gasteiger partial charge in [0, 0.05) is 36.7 Å². The molecule has 3 atom stereocenters. The number of hydrogen-bond donors (Lipinski definition) is 1. The fourth-order valence-electron chi connectivity index (χ4n) is 4.44. The molecule has 12 heteroatoms. The van der Waals surface area contributed by atoms with Crippen molar-refractivity contribution in [2.24, 2.45) is 0 Å². The summed E-state index contributed by atoms with van der Waals surface area (Å²) in [7, 11) is 4.68. The third kappa shape index (κ3) is 5.16. The molecule has 206 valence electrons. The van der Waals surface area contributed by atoms with Crippen LogP contribution in [0.2, 0.25) is 0 Å². The summed E-state index contributed by atoms with van der Waals surface area (Å²) in [5, 5.41) is 9.28. The number of hydrogen-bond acceptors (Lipinski definition) is 10. The van der Waals surface area contributed by atoms with Crippen molar-refractivity contribution >= 4 is 28.2 Å². The molecular formula is C28H29N7O4S. The Labute approximate surface area is 234 Å². The van der Waals surface area contributed by atoms with E-state index in [4.69, 9.17) is 14.2 Å². The first-order valence-corrected chi connectivity index (χ1v) is 13.7. The molecule has 0 amide bonds. The second-order valence-corrected chi connectivity index (χ2v) is 10.5. The number of nitrogens with one attached hydrogen (secondary N) is 1. The fraction of sp³-hybridized carbons (Fsp3) is 0.250. The molecule has 5 rings (SSSR count). The van der Waals surface area contributed by atoms with Gasteiger partial charge in [-0.05, 0) is 43.7 Å². The molecule has 0 bridgehead atoms. The summed E-state index contributed by atoms with van der Waals surface area (Å²) in [4.78, 5) is 13.2. The lowest BCUT2D eigenvalue weighted by Crippen LogP contribution is -2.33. The number of pyridine rings is 1. The van der Waals surface area contributed by atoms with E-state index in [1.54, 1.807) is 44.3 Å². The van der Waals surface area contributed by atoms with Crippen LogP contribution < -0.4 is 14.2 Å². The number of methoxy groups -OCH3 is 3. The van der Waals surface area contributed by atoms with Crippen molar-refractivity contribution in [3.8, 4) is 28.6 Å². The van der Waals surface area contributed by atoms with Crippen molar-refractivity contribution in [2.75, 3.05) is 26.1 Å². The molecule has 5 aromatic rings. The molecule has 0 aliphatic rings. The van der Waals surface area contributed by atoms with Gasteiger partial charge in [-0.25, -0.2) is 9.97 Å². The molecule has 3 heterocycles. The standard InChI is InChI=1S/C28H29N7O4S/c1-17-15-30-26(31-16-17)25(39-5)18(2)40(36)34-28-33-32-27(20-9-6-11-21-19(20)10-8-14-29-21)35(28)24-22(37-3)12-7-13-23(24)38-4/h6-16,18,25H,1-5H3,(H,33,34). The van der Waals surface area contributed by atoms with Crippen molar-refractivity contribution in [2.45, 2.75) is 25.2 Å². The predicted molar refractivity (Wildman–Crippen MR) is 153 cm³/mol. The molecule has 0 spiro atoms. The Morgan fingerprint density at radius 2 is 1.60 bits per heavy atom. The van der Waals surface area contributed by atoms with Crippen molar-refractivity contribution in [3.63, 3.8) is 0 Å². The van der Waals surface area contributed by atoms with Gasteiger partial charge in [-0.1, -0.05) is 24.3 Å². The Kier molecular flexibility index (Phi) is 8.10. The van der Waals surface area contributed by atoms with Gasteiger partial charge in [-0.3, -0.25) is 9.55 Å². The average Bonchev–Trinajstić information content (AvgIpc) is 3.39. The van der Waals surface area contributed by atoms with Crippen LogP contribution >= 0.6 is 0 Å². The molecule has 0 aliphatic carbocycles. The summed E-state index contributed by atoms with van der Waals surface area (Å²) in [6, 6.07) is 15.0. The molecule has 0 saturated carbocycles. The zero-order valence-corrected chi connectivity index (χ0v) is 23.5. The maximum absolute atomic E-state index is 13.7. The maximum Gasteiger partial charge on any atom is 0.271 e. The molecule has 2 aromatic carbocycles. The molecule has 40 heavy (non-hydrogen) atoms. The van der Waals surface area contributed by atoms with E-state index < -0.39 is 22.7 Å². The number of nitrogens with zero attached hydrogens (tertiary/aromatic N) is 6. The van der Waals surface area contributed by atoms with E-state index in [0.29, 0.717) is 28.8 Å². The zero-order chi connectivity index (χ0) is 28.2. The van der Waals surface area contributed by atoms with Gasteiger partial charge in [-0.15, -0.1) is 10.2 Å². The number of ether oxygens (including phenoxy) is 3. The SMILES string of the molecule is COc1cccc(OC)c1-n1c(N[S+]([O-])C(C)C(OC)c2ncc(C)cn2)nnc1-c1cccc2ncccc12. The number of anilines is 1. The third-order valence-electron chi connectivity index (χ3n) is 6.44. The lowest BCUT2D eigenvalue weighted by molar-refractivity contribution is 0.0949. The summed E-state index contributed by atoms with van der Waals surface area (Å²) < 4.78 is 35.6. The van der Waals surface area contributed by atoms with Crippen LogP contribution in [0.15, 0.2) is 67.1 Å². The minimum atomic E-state index is -1.70. The van der Waals surface area contributed by atoms with E-state index in [1.165, 1.54) is 7.11 Å². The summed E-state index contributed by atoms with van der Waals surface area (Å²) in [6.07, 6.45) is 4.51. The highest BCUT2D eigenvalue weighted by molar-refractivity contribution is 7.93. The number of rotatable bonds is 10. The monoisotopic (exact) mass is 559 g/mol. The minimum absolute atomic E-state index is 0.226. The molecule has 0 fully saturated rings. The molecule has 11 nitrogen and oxygen atoms in total. The van der Waals surface area contributed by atoms with Crippen LogP contribution in [-0.2, 0) is 16.1 Å². The molecule has 0 radical (unpaired) electrons. The van der Waals surface area contributed by atoms with Crippen molar-refractivity contribution < 1.29 is 18.8 Å². The van der Waals surface area contributed by atoms with Gasteiger partial charge in [0.25, 0.3) is 5.95 Å². The van der Waals surface area contributed by atoms with Gasteiger partial charge in [0.15, 0.2) is 23.0 Å². The number of aromatic nitrogens is 6. The van der Waals surface area contributed by atoms with E-state index in [-0.39, 0.29) is 5.95 Å². The van der Waals surface area contributed by atoms with Gasteiger partial charge in [0.2, 0.25) is 0 Å². The Balaban J connectivity index is 1.63. The fourth-order valence-corrected chi connectivity index (χ4v) is 5.39. The van der Waals surface area contributed by atoms with Crippen molar-refractivity contribution in [1.29, 1.82) is 0 Å². The van der Waals surface area contributed by atoms with Gasteiger partial charge < -0.3 is 18.8 Å². The van der Waals surface area contributed by atoms with E-state index in [0.717, 1.165) is 22.0 Å². The second kappa shape index (κ2) is 11.9. The van der Waals surface area contributed by atoms with E-state index in [9.17, 15) is 4.55 Å². The van der Waals surface area contributed by atoms with Crippen LogP contribution in [0.25, 0.3) is 28.0 Å². The van der Waals surface area contributed by atoms with Crippen molar-refractivity contribution in [1.82, 2.24) is 29.7 Å². The summed E-state index contributed by atoms with van der Waals surface area (Å²) in [6.45, 7) is 3.69. The lowest BCUT2D eigenvalue weighted by Gasteiger charge is -2.24. The van der Waals surface area contributed by atoms with Gasteiger partial charge in [0.05, 0.1) is 31.1 Å². The Hall–Kier alpha value is -4.26. The molecule has 0 saturated heterocycles.